The van der Waals surface area contributed by atoms with Crippen molar-refractivity contribution in [3.8, 4) is 0 Å². The van der Waals surface area contributed by atoms with Gasteiger partial charge in [0.2, 0.25) is 0 Å². The Morgan fingerprint density at radius 2 is 1.73 bits per heavy atom. The normalized spacial score (nSPS) is 12.0. The summed E-state index contributed by atoms with van der Waals surface area (Å²) in [5, 5.41) is 20.3. The smallest absolute Gasteiger partial charge is 0.478 e. The summed E-state index contributed by atoms with van der Waals surface area (Å²) in [4.78, 5) is 19.9. The van der Waals surface area contributed by atoms with Crippen LogP contribution in [0.1, 0.15) is 10.4 Å². The molecular formula is C14H8F3NO6S2. The second kappa shape index (κ2) is 6.96. The second-order valence-electron chi connectivity index (χ2n) is 4.74. The van der Waals surface area contributed by atoms with Gasteiger partial charge in [-0.1, -0.05) is 23.9 Å². The number of alkyl halides is 3. The van der Waals surface area contributed by atoms with Crippen LogP contribution in [0.3, 0.4) is 0 Å². The van der Waals surface area contributed by atoms with Crippen LogP contribution in [-0.2, 0) is 9.84 Å². The molecular weight excluding hydrogens is 399 g/mol. The van der Waals surface area contributed by atoms with E-state index in [4.69, 9.17) is 5.11 Å². The number of nitro groups is 1. The van der Waals surface area contributed by atoms with Gasteiger partial charge in [-0.05, 0) is 24.3 Å². The van der Waals surface area contributed by atoms with Crippen LogP contribution in [0.4, 0.5) is 18.9 Å². The van der Waals surface area contributed by atoms with Crippen molar-refractivity contribution < 1.29 is 36.4 Å². The fourth-order valence-electron chi connectivity index (χ4n) is 1.88. The molecule has 0 heterocycles. The van der Waals surface area contributed by atoms with E-state index in [0.29, 0.717) is 23.9 Å². The fourth-order valence-corrected chi connectivity index (χ4v) is 3.68. The van der Waals surface area contributed by atoms with Gasteiger partial charge < -0.3 is 5.11 Å². The van der Waals surface area contributed by atoms with E-state index < -0.39 is 36.8 Å². The maximum atomic E-state index is 12.6. The molecule has 0 amide bonds. The third-order valence-corrected chi connectivity index (χ3v) is 5.70. The average molecular weight is 407 g/mol. The first-order chi connectivity index (χ1) is 11.9. The largest absolute Gasteiger partial charge is 0.501 e. The lowest BCUT2D eigenvalue weighted by molar-refractivity contribution is -0.388. The van der Waals surface area contributed by atoms with E-state index >= 15 is 0 Å². The minimum absolute atomic E-state index is 0.106. The first-order valence-electron chi connectivity index (χ1n) is 6.55. The zero-order valence-electron chi connectivity index (χ0n) is 12.4. The van der Waals surface area contributed by atoms with Gasteiger partial charge in [0.15, 0.2) is 0 Å². The Hall–Kier alpha value is -2.60. The maximum absolute atomic E-state index is 12.6. The summed E-state index contributed by atoms with van der Waals surface area (Å²) in [6.07, 6.45) is 0. The Morgan fingerprint density at radius 3 is 2.27 bits per heavy atom. The number of benzene rings is 2. The first-order valence-corrected chi connectivity index (χ1v) is 8.85. The molecule has 2 aromatic carbocycles. The SMILES string of the molecule is O=C(O)c1ccccc1Sc1ccc(S(=O)(=O)C(F)(F)F)cc1[N+](=O)[O-]. The van der Waals surface area contributed by atoms with Gasteiger partial charge in [-0.15, -0.1) is 0 Å². The topological polar surface area (TPSA) is 115 Å². The highest BCUT2D eigenvalue weighted by Gasteiger charge is 2.47. The van der Waals surface area contributed by atoms with Gasteiger partial charge >= 0.3 is 11.5 Å². The van der Waals surface area contributed by atoms with Crippen molar-refractivity contribution in [1.29, 1.82) is 0 Å². The zero-order chi connectivity index (χ0) is 19.7. The Labute approximate surface area is 148 Å². The van der Waals surface area contributed by atoms with Crippen LogP contribution < -0.4 is 0 Å². The number of halogens is 3. The monoisotopic (exact) mass is 407 g/mol. The van der Waals surface area contributed by atoms with Crippen molar-refractivity contribution in [2.75, 3.05) is 0 Å². The van der Waals surface area contributed by atoms with Gasteiger partial charge in [0, 0.05) is 11.0 Å². The predicted octanol–water partition coefficient (Wildman–Crippen LogP) is 3.74. The molecule has 0 aromatic heterocycles. The van der Waals surface area contributed by atoms with Gasteiger partial charge in [-0.25, -0.2) is 13.2 Å². The number of nitrogens with zero attached hydrogens (tertiary/aromatic N) is 1. The van der Waals surface area contributed by atoms with Crippen molar-refractivity contribution in [3.05, 3.63) is 58.1 Å². The fraction of sp³-hybridized carbons (Fsp3) is 0.0714. The molecule has 7 nitrogen and oxygen atoms in total. The number of carboxylic acid groups (broad SMARTS) is 1. The molecule has 0 unspecified atom stereocenters. The maximum Gasteiger partial charge on any atom is 0.501 e. The molecule has 2 rings (SSSR count). The Kier molecular flexibility index (Phi) is 5.28. The molecule has 1 N–H and O–H groups in total. The lowest BCUT2D eigenvalue weighted by Gasteiger charge is -2.10. The molecule has 0 aliphatic carbocycles. The number of hydrogen-bond acceptors (Lipinski definition) is 6. The Balaban J connectivity index is 2.56. The number of nitro benzene ring substituents is 1. The summed E-state index contributed by atoms with van der Waals surface area (Å²) >= 11 is 0.626. The summed E-state index contributed by atoms with van der Waals surface area (Å²) < 4.78 is 60.7. The van der Waals surface area contributed by atoms with Crippen molar-refractivity contribution in [3.63, 3.8) is 0 Å². The molecule has 0 aliphatic heterocycles. The van der Waals surface area contributed by atoms with Crippen LogP contribution in [-0.4, -0.2) is 29.9 Å². The summed E-state index contributed by atoms with van der Waals surface area (Å²) in [7, 11) is -5.75. The van der Waals surface area contributed by atoms with E-state index in [-0.39, 0.29) is 15.4 Å². The van der Waals surface area contributed by atoms with Crippen molar-refractivity contribution in [2.45, 2.75) is 20.2 Å². The summed E-state index contributed by atoms with van der Waals surface area (Å²) in [5.41, 5.74) is -6.66. The lowest BCUT2D eigenvalue weighted by Crippen LogP contribution is -2.23. The van der Waals surface area contributed by atoms with E-state index in [0.717, 1.165) is 6.07 Å². The third kappa shape index (κ3) is 3.80. The van der Waals surface area contributed by atoms with Crippen LogP contribution in [0.15, 0.2) is 57.2 Å². The molecule has 0 fully saturated rings. The van der Waals surface area contributed by atoms with Gasteiger partial charge in [0.1, 0.15) is 0 Å². The molecule has 26 heavy (non-hydrogen) atoms. The number of carboxylic acids is 1. The Morgan fingerprint density at radius 1 is 1.12 bits per heavy atom. The second-order valence-corrected chi connectivity index (χ2v) is 7.76. The van der Waals surface area contributed by atoms with Gasteiger partial charge in [0.25, 0.3) is 15.5 Å². The quantitative estimate of drug-likeness (QED) is 0.593. The molecule has 0 spiro atoms. The highest BCUT2D eigenvalue weighted by Crippen LogP contribution is 2.39. The van der Waals surface area contributed by atoms with E-state index in [9.17, 15) is 36.5 Å². The van der Waals surface area contributed by atoms with Crippen LogP contribution in [0.2, 0.25) is 0 Å². The number of sulfone groups is 1. The predicted molar refractivity (Wildman–Crippen MR) is 83.9 cm³/mol. The van der Waals surface area contributed by atoms with Crippen LogP contribution in [0, 0.1) is 10.1 Å². The number of rotatable bonds is 5. The van der Waals surface area contributed by atoms with Crippen LogP contribution in [0.5, 0.6) is 0 Å². The molecule has 0 aliphatic rings. The molecule has 0 radical (unpaired) electrons. The van der Waals surface area contributed by atoms with Gasteiger partial charge in [0.05, 0.1) is 20.3 Å². The summed E-state index contributed by atoms with van der Waals surface area (Å²) in [6.45, 7) is 0. The summed E-state index contributed by atoms with van der Waals surface area (Å²) in [6, 6.07) is 7.23. The number of hydrogen-bond donors (Lipinski definition) is 1. The molecule has 2 aromatic rings. The molecule has 138 valence electrons. The van der Waals surface area contributed by atoms with Crippen LogP contribution >= 0.6 is 11.8 Å². The van der Waals surface area contributed by atoms with E-state index in [1.54, 1.807) is 0 Å². The average Bonchev–Trinajstić information content (AvgIpc) is 2.54. The minimum atomic E-state index is -5.75. The Bertz CT molecular complexity index is 988. The van der Waals surface area contributed by atoms with Crippen molar-refractivity contribution in [2.24, 2.45) is 0 Å². The third-order valence-electron chi connectivity index (χ3n) is 3.08. The minimum Gasteiger partial charge on any atom is -0.478 e. The van der Waals surface area contributed by atoms with Crippen molar-refractivity contribution >= 4 is 33.3 Å². The number of carbonyl (C=O) groups is 1. The molecule has 12 heteroatoms. The molecule has 0 atom stereocenters. The molecule has 0 saturated carbocycles. The van der Waals surface area contributed by atoms with Gasteiger partial charge in [-0.3, -0.25) is 10.1 Å². The summed E-state index contributed by atoms with van der Waals surface area (Å²) in [5.74, 6) is -1.30. The van der Waals surface area contributed by atoms with Crippen LogP contribution in [0.25, 0.3) is 0 Å². The number of aromatic carboxylic acids is 1. The van der Waals surface area contributed by atoms with Gasteiger partial charge in [-0.2, -0.15) is 13.2 Å². The van der Waals surface area contributed by atoms with E-state index in [2.05, 4.69) is 0 Å². The van der Waals surface area contributed by atoms with E-state index in [1.807, 2.05) is 0 Å². The molecule has 0 bridgehead atoms. The standard InChI is InChI=1S/C14H8F3NO6S2/c15-14(16,17)26(23,24)8-5-6-12(10(7-8)18(21)22)25-11-4-2-1-3-9(11)13(19)20/h1-7H,(H,19,20). The van der Waals surface area contributed by atoms with E-state index in [1.165, 1.54) is 24.3 Å². The lowest BCUT2D eigenvalue weighted by atomic mass is 10.2. The highest BCUT2D eigenvalue weighted by molar-refractivity contribution is 7.99. The zero-order valence-corrected chi connectivity index (χ0v) is 14.1. The molecule has 0 saturated heterocycles. The highest BCUT2D eigenvalue weighted by atomic mass is 32.2. The first kappa shape index (κ1) is 19.7. The van der Waals surface area contributed by atoms with Crippen molar-refractivity contribution in [1.82, 2.24) is 0 Å².